The first-order valence-corrected chi connectivity index (χ1v) is 3.69. The fraction of sp³-hybridized carbons (Fsp3) is 0.333. The van der Waals surface area contributed by atoms with Gasteiger partial charge in [-0.3, -0.25) is 0 Å². The summed E-state index contributed by atoms with van der Waals surface area (Å²) < 4.78 is 0. The first-order chi connectivity index (χ1) is 4.47. The summed E-state index contributed by atoms with van der Waals surface area (Å²) in [6.45, 7) is 1.22. The van der Waals surface area contributed by atoms with Gasteiger partial charge in [-0.05, 0) is 21.9 Å². The SMILES string of the molecule is c1scc2c1COOC2. The van der Waals surface area contributed by atoms with Crippen LogP contribution in [0.2, 0.25) is 0 Å². The minimum absolute atomic E-state index is 0.610. The third kappa shape index (κ3) is 0.871. The highest BCUT2D eigenvalue weighted by molar-refractivity contribution is 7.08. The maximum absolute atomic E-state index is 4.76. The van der Waals surface area contributed by atoms with Crippen molar-refractivity contribution in [3.63, 3.8) is 0 Å². The number of thiophene rings is 1. The van der Waals surface area contributed by atoms with Crippen LogP contribution in [0.25, 0.3) is 0 Å². The Kier molecular flexibility index (Phi) is 1.26. The van der Waals surface area contributed by atoms with E-state index in [2.05, 4.69) is 10.8 Å². The lowest BCUT2D eigenvalue weighted by Gasteiger charge is -2.09. The van der Waals surface area contributed by atoms with Crippen molar-refractivity contribution < 1.29 is 9.78 Å². The van der Waals surface area contributed by atoms with E-state index >= 15 is 0 Å². The van der Waals surface area contributed by atoms with E-state index in [4.69, 9.17) is 9.78 Å². The van der Waals surface area contributed by atoms with Gasteiger partial charge in [0.15, 0.2) is 0 Å². The normalized spacial score (nSPS) is 17.3. The molecule has 1 aliphatic rings. The van der Waals surface area contributed by atoms with Crippen molar-refractivity contribution in [1.82, 2.24) is 0 Å². The molecular weight excluding hydrogens is 136 g/mol. The standard InChI is InChI=1S/C6H6O2S/c1-5-3-9-4-6(5)2-8-7-1/h3-4H,1-2H2. The van der Waals surface area contributed by atoms with Crippen LogP contribution in [0.5, 0.6) is 0 Å². The van der Waals surface area contributed by atoms with Crippen molar-refractivity contribution in [2.75, 3.05) is 0 Å². The molecule has 0 atom stereocenters. The van der Waals surface area contributed by atoms with E-state index in [9.17, 15) is 0 Å². The highest BCUT2D eigenvalue weighted by Crippen LogP contribution is 2.20. The molecule has 0 saturated carbocycles. The topological polar surface area (TPSA) is 18.5 Å². The lowest BCUT2D eigenvalue weighted by molar-refractivity contribution is -0.321. The quantitative estimate of drug-likeness (QED) is 0.513. The molecule has 9 heavy (non-hydrogen) atoms. The van der Waals surface area contributed by atoms with E-state index in [-0.39, 0.29) is 0 Å². The molecule has 0 N–H and O–H groups in total. The lowest BCUT2D eigenvalue weighted by atomic mass is 10.2. The van der Waals surface area contributed by atoms with E-state index in [0.717, 1.165) is 0 Å². The zero-order valence-electron chi connectivity index (χ0n) is 4.79. The fourth-order valence-corrected chi connectivity index (χ4v) is 1.65. The van der Waals surface area contributed by atoms with E-state index in [0.29, 0.717) is 13.2 Å². The van der Waals surface area contributed by atoms with Gasteiger partial charge in [-0.25, -0.2) is 9.78 Å². The largest absolute Gasteiger partial charge is 0.232 e. The van der Waals surface area contributed by atoms with E-state index < -0.39 is 0 Å². The van der Waals surface area contributed by atoms with Gasteiger partial charge in [-0.2, -0.15) is 11.3 Å². The Morgan fingerprint density at radius 2 is 1.67 bits per heavy atom. The van der Waals surface area contributed by atoms with Crippen molar-refractivity contribution in [3.05, 3.63) is 21.9 Å². The highest BCUT2D eigenvalue weighted by atomic mass is 32.1. The van der Waals surface area contributed by atoms with E-state index in [1.165, 1.54) is 11.1 Å². The van der Waals surface area contributed by atoms with Crippen LogP contribution < -0.4 is 0 Å². The molecule has 0 saturated heterocycles. The molecule has 2 heterocycles. The van der Waals surface area contributed by atoms with Crippen LogP contribution in [-0.4, -0.2) is 0 Å². The highest BCUT2D eigenvalue weighted by Gasteiger charge is 2.09. The molecule has 0 amide bonds. The first-order valence-electron chi connectivity index (χ1n) is 2.75. The van der Waals surface area contributed by atoms with Gasteiger partial charge in [0, 0.05) is 0 Å². The molecule has 2 nitrogen and oxygen atoms in total. The smallest absolute Gasteiger partial charge is 0.108 e. The van der Waals surface area contributed by atoms with Gasteiger partial charge < -0.3 is 0 Å². The molecule has 1 aliphatic heterocycles. The van der Waals surface area contributed by atoms with Crippen molar-refractivity contribution in [1.29, 1.82) is 0 Å². The first kappa shape index (κ1) is 5.41. The number of hydrogen-bond donors (Lipinski definition) is 0. The summed E-state index contributed by atoms with van der Waals surface area (Å²) >= 11 is 1.70. The average Bonchev–Trinajstić information content (AvgIpc) is 2.33. The molecule has 1 aromatic rings. The Morgan fingerprint density at radius 3 is 2.22 bits per heavy atom. The predicted octanol–water partition coefficient (Wildman–Crippen LogP) is 1.71. The summed E-state index contributed by atoms with van der Waals surface area (Å²) in [6.07, 6.45) is 0. The average molecular weight is 142 g/mol. The van der Waals surface area contributed by atoms with Gasteiger partial charge in [0.2, 0.25) is 0 Å². The molecule has 1 aromatic heterocycles. The van der Waals surface area contributed by atoms with Gasteiger partial charge >= 0.3 is 0 Å². The monoisotopic (exact) mass is 142 g/mol. The van der Waals surface area contributed by atoms with Crippen LogP contribution in [0, 0.1) is 0 Å². The minimum atomic E-state index is 0.610. The van der Waals surface area contributed by atoms with Crippen LogP contribution in [0.15, 0.2) is 10.8 Å². The number of rotatable bonds is 0. The molecule has 3 heteroatoms. The third-order valence-electron chi connectivity index (χ3n) is 1.35. The zero-order valence-corrected chi connectivity index (χ0v) is 5.61. The van der Waals surface area contributed by atoms with E-state index in [1.54, 1.807) is 11.3 Å². The summed E-state index contributed by atoms with van der Waals surface area (Å²) in [6, 6.07) is 0. The van der Waals surface area contributed by atoms with Crippen LogP contribution in [-0.2, 0) is 23.0 Å². The molecule has 48 valence electrons. The van der Waals surface area contributed by atoms with Crippen LogP contribution >= 0.6 is 11.3 Å². The summed E-state index contributed by atoms with van der Waals surface area (Å²) in [5, 5.41) is 4.19. The molecule has 0 bridgehead atoms. The molecule has 0 aliphatic carbocycles. The number of hydrogen-bond acceptors (Lipinski definition) is 3. The second-order valence-corrected chi connectivity index (χ2v) is 2.69. The predicted molar refractivity (Wildman–Crippen MR) is 33.9 cm³/mol. The maximum Gasteiger partial charge on any atom is 0.108 e. The van der Waals surface area contributed by atoms with Crippen molar-refractivity contribution >= 4 is 11.3 Å². The molecule has 0 fully saturated rings. The van der Waals surface area contributed by atoms with Gasteiger partial charge in [0.1, 0.15) is 13.2 Å². The van der Waals surface area contributed by atoms with Gasteiger partial charge in [-0.1, -0.05) is 0 Å². The van der Waals surface area contributed by atoms with Crippen LogP contribution in [0.3, 0.4) is 0 Å². The van der Waals surface area contributed by atoms with Gasteiger partial charge in [0.25, 0.3) is 0 Å². The lowest BCUT2D eigenvalue weighted by Crippen LogP contribution is -2.03. The fourth-order valence-electron chi connectivity index (χ4n) is 0.813. The van der Waals surface area contributed by atoms with Gasteiger partial charge in [-0.15, -0.1) is 0 Å². The minimum Gasteiger partial charge on any atom is -0.232 e. The summed E-state index contributed by atoms with van der Waals surface area (Å²) in [4.78, 5) is 9.52. The third-order valence-corrected chi connectivity index (χ3v) is 2.19. The van der Waals surface area contributed by atoms with Crippen LogP contribution in [0.4, 0.5) is 0 Å². The summed E-state index contributed by atoms with van der Waals surface area (Å²) in [7, 11) is 0. The summed E-state index contributed by atoms with van der Waals surface area (Å²) in [5.41, 5.74) is 2.54. The molecule has 2 rings (SSSR count). The van der Waals surface area contributed by atoms with E-state index in [1.807, 2.05) is 0 Å². The molecule has 0 aromatic carbocycles. The van der Waals surface area contributed by atoms with Crippen molar-refractivity contribution in [2.45, 2.75) is 13.2 Å². The van der Waals surface area contributed by atoms with Gasteiger partial charge in [0.05, 0.1) is 0 Å². The van der Waals surface area contributed by atoms with Crippen LogP contribution in [0.1, 0.15) is 11.1 Å². The Morgan fingerprint density at radius 1 is 1.11 bits per heavy atom. The molecule has 0 radical (unpaired) electrons. The Bertz CT molecular complexity index is 186. The molecule has 0 spiro atoms. The Labute approximate surface area is 57.0 Å². The van der Waals surface area contributed by atoms with Crippen molar-refractivity contribution in [3.8, 4) is 0 Å². The Balaban J connectivity index is 2.39. The Hall–Kier alpha value is -0.380. The molecular formula is C6H6O2S. The second-order valence-electron chi connectivity index (χ2n) is 1.95. The summed E-state index contributed by atoms with van der Waals surface area (Å²) in [5.74, 6) is 0. The zero-order chi connectivity index (χ0) is 6.10. The number of fused-ring (bicyclic) bond motifs is 1. The maximum atomic E-state index is 4.76. The molecule has 0 unspecified atom stereocenters. The van der Waals surface area contributed by atoms with Crippen molar-refractivity contribution in [2.24, 2.45) is 0 Å². The second kappa shape index (κ2) is 2.10.